The van der Waals surface area contributed by atoms with Crippen LogP contribution in [0.25, 0.3) is 0 Å². The van der Waals surface area contributed by atoms with E-state index in [1.165, 1.54) is 0 Å². The van der Waals surface area contributed by atoms with E-state index in [-0.39, 0.29) is 30.2 Å². The molecule has 3 rings (SSSR count). The molecule has 2 aliphatic rings. The number of aryl methyl sites for hydroxylation is 2. The van der Waals surface area contributed by atoms with Crippen LogP contribution in [-0.2, 0) is 16.0 Å². The zero-order chi connectivity index (χ0) is 17.3. The van der Waals surface area contributed by atoms with Crippen molar-refractivity contribution in [2.75, 3.05) is 25.4 Å². The normalized spacial score (nSPS) is 20.8. The number of carbonyl (C=O) groups excluding carboxylic acids is 2. The molecule has 1 aliphatic heterocycles. The maximum absolute atomic E-state index is 12.8. The van der Waals surface area contributed by atoms with Crippen LogP contribution in [0.5, 0.6) is 0 Å². The zero-order valence-electron chi connectivity index (χ0n) is 14.1. The Kier molecular flexibility index (Phi) is 4.66. The highest BCUT2D eigenvalue weighted by molar-refractivity contribution is 5.89. The second kappa shape index (κ2) is 6.72. The van der Waals surface area contributed by atoms with Crippen molar-refractivity contribution in [2.24, 2.45) is 0 Å². The molecule has 2 heterocycles. The predicted molar refractivity (Wildman–Crippen MR) is 89.2 cm³/mol. The van der Waals surface area contributed by atoms with Crippen molar-refractivity contribution in [1.82, 2.24) is 25.5 Å². The van der Waals surface area contributed by atoms with E-state index in [9.17, 15) is 9.59 Å². The number of anilines is 1. The van der Waals surface area contributed by atoms with Crippen LogP contribution in [0.4, 0.5) is 5.95 Å². The van der Waals surface area contributed by atoms with Gasteiger partial charge in [0.25, 0.3) is 0 Å². The first-order chi connectivity index (χ1) is 11.5. The van der Waals surface area contributed by atoms with Crippen LogP contribution < -0.4 is 16.4 Å². The smallest absolute Gasteiger partial charge is 0.244 e. The minimum atomic E-state index is -0.456. The lowest BCUT2D eigenvalue weighted by Gasteiger charge is -2.35. The zero-order valence-corrected chi connectivity index (χ0v) is 14.1. The van der Waals surface area contributed by atoms with Gasteiger partial charge in [-0.15, -0.1) is 0 Å². The van der Waals surface area contributed by atoms with Gasteiger partial charge in [0.1, 0.15) is 6.04 Å². The Bertz CT molecular complexity index is 635. The number of rotatable bonds is 4. The highest BCUT2D eigenvalue weighted by atomic mass is 16.2. The van der Waals surface area contributed by atoms with Gasteiger partial charge >= 0.3 is 0 Å². The largest absolute Gasteiger partial charge is 0.368 e. The van der Waals surface area contributed by atoms with E-state index in [2.05, 4.69) is 20.6 Å². The number of nitrogens with two attached hydrogens (primary N) is 1. The monoisotopic (exact) mass is 332 g/mol. The lowest BCUT2D eigenvalue weighted by molar-refractivity contribution is -0.141. The SMILES string of the molecule is Cc1nc(N)nc(C)c1CC(=O)N1CCNC[C@H]1C(=O)NC1CC1. The average molecular weight is 332 g/mol. The molecule has 1 saturated heterocycles. The van der Waals surface area contributed by atoms with E-state index in [0.29, 0.717) is 31.0 Å². The van der Waals surface area contributed by atoms with Crippen LogP contribution in [0.15, 0.2) is 0 Å². The molecule has 1 atom stereocenters. The average Bonchev–Trinajstić information content (AvgIpc) is 3.34. The summed E-state index contributed by atoms with van der Waals surface area (Å²) in [5, 5.41) is 6.18. The summed E-state index contributed by atoms with van der Waals surface area (Å²) in [6.07, 6.45) is 2.24. The molecule has 4 N–H and O–H groups in total. The molecule has 1 aromatic rings. The molecular formula is C16H24N6O2. The summed E-state index contributed by atoms with van der Waals surface area (Å²) in [7, 11) is 0. The fourth-order valence-electron chi connectivity index (χ4n) is 3.04. The van der Waals surface area contributed by atoms with Crippen LogP contribution >= 0.6 is 0 Å². The molecule has 0 radical (unpaired) electrons. The van der Waals surface area contributed by atoms with Gasteiger partial charge in [-0.3, -0.25) is 9.59 Å². The van der Waals surface area contributed by atoms with Gasteiger partial charge in [0.2, 0.25) is 17.8 Å². The van der Waals surface area contributed by atoms with Crippen LogP contribution in [-0.4, -0.2) is 58.4 Å². The van der Waals surface area contributed by atoms with Crippen molar-refractivity contribution < 1.29 is 9.59 Å². The molecule has 8 nitrogen and oxygen atoms in total. The molecule has 0 unspecified atom stereocenters. The Morgan fingerprint density at radius 1 is 1.29 bits per heavy atom. The summed E-state index contributed by atoms with van der Waals surface area (Å²) < 4.78 is 0. The van der Waals surface area contributed by atoms with Gasteiger partial charge in [-0.25, -0.2) is 9.97 Å². The molecule has 1 saturated carbocycles. The standard InChI is InChI=1S/C16H24N6O2/c1-9-12(10(2)20-16(17)19-9)7-14(23)22-6-5-18-8-13(22)15(24)21-11-3-4-11/h11,13,18H,3-8H2,1-2H3,(H,21,24)(H2,17,19,20)/t13-/m0/s1. The van der Waals surface area contributed by atoms with Gasteiger partial charge in [0, 0.05) is 42.6 Å². The van der Waals surface area contributed by atoms with Crippen molar-refractivity contribution in [2.45, 2.75) is 45.2 Å². The van der Waals surface area contributed by atoms with Crippen molar-refractivity contribution >= 4 is 17.8 Å². The third kappa shape index (κ3) is 3.64. The Morgan fingerprint density at radius 2 is 1.96 bits per heavy atom. The van der Waals surface area contributed by atoms with E-state index in [0.717, 1.165) is 18.4 Å². The van der Waals surface area contributed by atoms with E-state index in [1.54, 1.807) is 4.90 Å². The van der Waals surface area contributed by atoms with E-state index < -0.39 is 6.04 Å². The molecule has 8 heteroatoms. The molecule has 130 valence electrons. The molecule has 0 bridgehead atoms. The number of nitrogens with one attached hydrogen (secondary N) is 2. The quantitative estimate of drug-likeness (QED) is 0.672. The van der Waals surface area contributed by atoms with Crippen molar-refractivity contribution in [3.8, 4) is 0 Å². The number of carbonyl (C=O) groups is 2. The number of amides is 2. The van der Waals surface area contributed by atoms with E-state index in [4.69, 9.17) is 5.73 Å². The number of hydrogen-bond acceptors (Lipinski definition) is 6. The first kappa shape index (κ1) is 16.6. The fraction of sp³-hybridized carbons (Fsp3) is 0.625. The van der Waals surface area contributed by atoms with Gasteiger partial charge in [-0.05, 0) is 26.7 Å². The number of nitrogens with zero attached hydrogens (tertiary/aromatic N) is 3. The lowest BCUT2D eigenvalue weighted by Crippen LogP contribution is -2.60. The summed E-state index contributed by atoms with van der Waals surface area (Å²) in [4.78, 5) is 35.2. The summed E-state index contributed by atoms with van der Waals surface area (Å²) in [5.41, 5.74) is 7.84. The van der Waals surface area contributed by atoms with Crippen LogP contribution in [0, 0.1) is 13.8 Å². The Labute approximate surface area is 141 Å². The highest BCUT2D eigenvalue weighted by Gasteiger charge is 2.35. The van der Waals surface area contributed by atoms with Gasteiger partial charge in [-0.2, -0.15) is 0 Å². The maximum Gasteiger partial charge on any atom is 0.244 e. The van der Waals surface area contributed by atoms with Crippen molar-refractivity contribution in [3.05, 3.63) is 17.0 Å². The first-order valence-corrected chi connectivity index (χ1v) is 8.36. The highest BCUT2D eigenvalue weighted by Crippen LogP contribution is 2.20. The summed E-state index contributed by atoms with van der Waals surface area (Å²) in [5.74, 6) is 0.0668. The molecule has 24 heavy (non-hydrogen) atoms. The number of nitrogen functional groups attached to an aromatic ring is 1. The third-order valence-corrected chi connectivity index (χ3v) is 4.56. The minimum Gasteiger partial charge on any atom is -0.368 e. The summed E-state index contributed by atoms with van der Waals surface area (Å²) in [6.45, 7) is 5.34. The molecule has 1 aliphatic carbocycles. The van der Waals surface area contributed by atoms with Crippen molar-refractivity contribution in [1.29, 1.82) is 0 Å². The number of piperazine rings is 1. The van der Waals surface area contributed by atoms with Crippen LogP contribution in [0.3, 0.4) is 0 Å². The molecule has 0 aromatic carbocycles. The summed E-state index contributed by atoms with van der Waals surface area (Å²) in [6, 6.07) is -0.173. The minimum absolute atomic E-state index is 0.0694. The molecular weight excluding hydrogens is 308 g/mol. The van der Waals surface area contributed by atoms with Crippen molar-refractivity contribution in [3.63, 3.8) is 0 Å². The Hall–Kier alpha value is -2.22. The number of aromatic nitrogens is 2. The Balaban J connectivity index is 1.73. The molecule has 1 aromatic heterocycles. The molecule has 2 amide bonds. The maximum atomic E-state index is 12.8. The van der Waals surface area contributed by atoms with Gasteiger partial charge in [-0.1, -0.05) is 0 Å². The Morgan fingerprint density at radius 3 is 2.58 bits per heavy atom. The summed E-state index contributed by atoms with van der Waals surface area (Å²) >= 11 is 0. The second-order valence-corrected chi connectivity index (χ2v) is 6.50. The van der Waals surface area contributed by atoms with Gasteiger partial charge < -0.3 is 21.3 Å². The fourth-order valence-corrected chi connectivity index (χ4v) is 3.04. The second-order valence-electron chi connectivity index (χ2n) is 6.50. The topological polar surface area (TPSA) is 113 Å². The van der Waals surface area contributed by atoms with E-state index >= 15 is 0 Å². The van der Waals surface area contributed by atoms with Gasteiger partial charge in [0.05, 0.1) is 6.42 Å². The van der Waals surface area contributed by atoms with E-state index in [1.807, 2.05) is 13.8 Å². The van der Waals surface area contributed by atoms with Crippen LogP contribution in [0.2, 0.25) is 0 Å². The molecule has 2 fully saturated rings. The third-order valence-electron chi connectivity index (χ3n) is 4.56. The predicted octanol–water partition coefficient (Wildman–Crippen LogP) is -0.703. The number of hydrogen-bond donors (Lipinski definition) is 3. The van der Waals surface area contributed by atoms with Crippen LogP contribution in [0.1, 0.15) is 29.8 Å². The molecule has 0 spiro atoms. The first-order valence-electron chi connectivity index (χ1n) is 8.36. The lowest BCUT2D eigenvalue weighted by atomic mass is 10.1. The van der Waals surface area contributed by atoms with Gasteiger partial charge in [0.15, 0.2) is 0 Å².